The van der Waals surface area contributed by atoms with Crippen molar-refractivity contribution in [1.82, 2.24) is 14.8 Å². The van der Waals surface area contributed by atoms with Gasteiger partial charge >= 0.3 is 0 Å². The number of methoxy groups -OCH3 is 1. The lowest BCUT2D eigenvalue weighted by Crippen LogP contribution is -2.16. The van der Waals surface area contributed by atoms with E-state index in [4.69, 9.17) is 4.74 Å². The maximum absolute atomic E-state index is 13.9. The maximum atomic E-state index is 13.9. The first-order valence-electron chi connectivity index (χ1n) is 8.58. The number of nitrogens with one attached hydrogen (secondary N) is 1. The lowest BCUT2D eigenvalue weighted by molar-refractivity contribution is -0.113. The number of aromatic nitrogens is 3. The van der Waals surface area contributed by atoms with Crippen LogP contribution in [0.25, 0.3) is 11.4 Å². The van der Waals surface area contributed by atoms with Gasteiger partial charge in [-0.05, 0) is 41.1 Å². The fraction of sp³-hybridized carbons (Fsp3) is 0.211. The third-order valence-electron chi connectivity index (χ3n) is 3.98. The third-order valence-corrected chi connectivity index (χ3v) is 5.58. The molecular weight excluding hydrogens is 466 g/mol. The van der Waals surface area contributed by atoms with Crippen molar-refractivity contribution in [2.45, 2.75) is 18.6 Å². The highest BCUT2D eigenvalue weighted by Crippen LogP contribution is 2.31. The second kappa shape index (κ2) is 9.36. The number of rotatable bonds is 7. The Kier molecular flexibility index (Phi) is 6.86. The van der Waals surface area contributed by atoms with Gasteiger partial charge in [0.1, 0.15) is 11.6 Å². The van der Waals surface area contributed by atoms with Gasteiger partial charge in [0.05, 0.1) is 24.1 Å². The van der Waals surface area contributed by atoms with Gasteiger partial charge < -0.3 is 14.6 Å². The largest absolute Gasteiger partial charge is 0.496 e. The molecule has 0 radical (unpaired) electrons. The summed E-state index contributed by atoms with van der Waals surface area (Å²) >= 11 is 4.22. The molecule has 3 aromatic rings. The molecule has 3 rings (SSSR count). The van der Waals surface area contributed by atoms with Gasteiger partial charge in [0, 0.05) is 17.1 Å². The van der Waals surface area contributed by atoms with E-state index in [0.29, 0.717) is 29.3 Å². The normalized spacial score (nSPS) is 10.8. The molecule has 6 nitrogen and oxygen atoms in total. The fourth-order valence-electron chi connectivity index (χ4n) is 2.68. The van der Waals surface area contributed by atoms with E-state index in [-0.39, 0.29) is 15.9 Å². The van der Waals surface area contributed by atoms with Crippen LogP contribution in [-0.4, -0.2) is 33.5 Å². The summed E-state index contributed by atoms with van der Waals surface area (Å²) in [6, 6.07) is 9.24. The molecule has 0 spiro atoms. The molecule has 1 N–H and O–H groups in total. The number of hydrogen-bond donors (Lipinski definition) is 1. The Morgan fingerprint density at radius 2 is 2.03 bits per heavy atom. The van der Waals surface area contributed by atoms with Crippen LogP contribution in [0, 0.1) is 11.6 Å². The number of nitrogens with zero attached hydrogens (tertiary/aromatic N) is 3. The number of carbonyl (C=O) groups is 1. The Hall–Kier alpha value is -2.46. The molecule has 152 valence electrons. The quantitative estimate of drug-likeness (QED) is 0.492. The second-order valence-corrected chi connectivity index (χ2v) is 7.63. The van der Waals surface area contributed by atoms with E-state index in [1.165, 1.54) is 11.8 Å². The molecule has 0 fully saturated rings. The summed E-state index contributed by atoms with van der Waals surface area (Å²) in [5.41, 5.74) is 0.682. The lowest BCUT2D eigenvalue weighted by atomic mass is 10.2. The summed E-state index contributed by atoms with van der Waals surface area (Å²) in [4.78, 5) is 12.3. The number of benzene rings is 2. The predicted octanol–water partition coefficient (Wildman–Crippen LogP) is 4.75. The van der Waals surface area contributed by atoms with Crippen LogP contribution < -0.4 is 10.1 Å². The van der Waals surface area contributed by atoms with Gasteiger partial charge in [-0.2, -0.15) is 0 Å². The molecule has 29 heavy (non-hydrogen) atoms. The second-order valence-electron chi connectivity index (χ2n) is 5.83. The van der Waals surface area contributed by atoms with Crippen LogP contribution in [0.2, 0.25) is 0 Å². The van der Waals surface area contributed by atoms with Gasteiger partial charge in [-0.15, -0.1) is 10.2 Å². The van der Waals surface area contributed by atoms with Crippen LogP contribution in [0.4, 0.5) is 14.5 Å². The van der Waals surface area contributed by atoms with Gasteiger partial charge in [-0.25, -0.2) is 8.78 Å². The molecule has 0 bridgehead atoms. The first kappa shape index (κ1) is 21.3. The highest BCUT2D eigenvalue weighted by Gasteiger charge is 2.18. The van der Waals surface area contributed by atoms with Crippen LogP contribution in [0.1, 0.15) is 6.92 Å². The summed E-state index contributed by atoms with van der Waals surface area (Å²) in [5.74, 6) is -0.772. The van der Waals surface area contributed by atoms with E-state index >= 15 is 0 Å². The van der Waals surface area contributed by atoms with E-state index in [1.807, 2.05) is 35.8 Å². The number of thioether (sulfide) groups is 1. The van der Waals surface area contributed by atoms with Crippen molar-refractivity contribution in [3.8, 4) is 17.1 Å². The summed E-state index contributed by atoms with van der Waals surface area (Å²) in [5, 5.41) is 11.4. The van der Waals surface area contributed by atoms with Gasteiger partial charge in [0.15, 0.2) is 16.8 Å². The number of amides is 1. The Balaban J connectivity index is 1.75. The SMILES string of the molecule is CCn1c(SCC(=O)Nc2c(F)cc(F)cc2Br)nnc1-c1ccccc1OC. The molecule has 0 saturated carbocycles. The number of hydrogen-bond acceptors (Lipinski definition) is 5. The number of ether oxygens (including phenoxy) is 1. The molecular formula is C19H17BrF2N4O2S. The third kappa shape index (κ3) is 4.76. The van der Waals surface area contributed by atoms with Crippen molar-refractivity contribution in [3.63, 3.8) is 0 Å². The summed E-state index contributed by atoms with van der Waals surface area (Å²) in [6.07, 6.45) is 0. The van der Waals surface area contributed by atoms with Gasteiger partial charge in [0.25, 0.3) is 0 Å². The lowest BCUT2D eigenvalue weighted by Gasteiger charge is -2.11. The van der Waals surface area contributed by atoms with Gasteiger partial charge in [-0.3, -0.25) is 4.79 Å². The average Bonchev–Trinajstić information content (AvgIpc) is 3.11. The zero-order valence-electron chi connectivity index (χ0n) is 15.6. The van der Waals surface area contributed by atoms with Crippen molar-refractivity contribution < 1.29 is 18.3 Å². The summed E-state index contributed by atoms with van der Waals surface area (Å²) < 4.78 is 34.4. The Morgan fingerprint density at radius 3 is 2.72 bits per heavy atom. The number of carbonyl (C=O) groups excluding carboxylic acids is 1. The number of anilines is 1. The van der Waals surface area contributed by atoms with Crippen LogP contribution in [0.5, 0.6) is 5.75 Å². The van der Waals surface area contributed by atoms with E-state index in [2.05, 4.69) is 31.4 Å². The molecule has 1 amide bonds. The highest BCUT2D eigenvalue weighted by atomic mass is 79.9. The zero-order chi connectivity index (χ0) is 21.0. The molecule has 0 unspecified atom stereocenters. The van der Waals surface area contributed by atoms with Crippen LogP contribution >= 0.6 is 27.7 Å². The summed E-state index contributed by atoms with van der Waals surface area (Å²) in [6.45, 7) is 2.53. The van der Waals surface area contributed by atoms with Crippen molar-refractivity contribution in [1.29, 1.82) is 0 Å². The molecule has 0 saturated heterocycles. The Morgan fingerprint density at radius 1 is 1.28 bits per heavy atom. The van der Waals surface area contributed by atoms with E-state index in [9.17, 15) is 13.6 Å². The van der Waals surface area contributed by atoms with Crippen LogP contribution in [0.3, 0.4) is 0 Å². The standard InChI is InChI=1S/C19H17BrF2N4O2S/c1-3-26-18(12-6-4-5-7-15(12)28-2)24-25-19(26)29-10-16(27)23-17-13(20)8-11(21)9-14(17)22/h4-9H,3,10H2,1-2H3,(H,23,27). The molecule has 0 aliphatic rings. The molecule has 2 aromatic carbocycles. The molecule has 1 heterocycles. The first-order valence-corrected chi connectivity index (χ1v) is 10.4. The minimum Gasteiger partial charge on any atom is -0.496 e. The minimum absolute atomic E-state index is 0.0205. The predicted molar refractivity (Wildman–Crippen MR) is 111 cm³/mol. The average molecular weight is 483 g/mol. The monoisotopic (exact) mass is 482 g/mol. The molecule has 0 aliphatic carbocycles. The van der Waals surface area contributed by atoms with Crippen LogP contribution in [0.15, 0.2) is 46.0 Å². The smallest absolute Gasteiger partial charge is 0.234 e. The highest BCUT2D eigenvalue weighted by molar-refractivity contribution is 9.10. The van der Waals surface area contributed by atoms with Crippen molar-refractivity contribution >= 4 is 39.3 Å². The van der Waals surface area contributed by atoms with E-state index in [1.54, 1.807) is 7.11 Å². The minimum atomic E-state index is -0.856. The Labute approximate surface area is 178 Å². The summed E-state index contributed by atoms with van der Waals surface area (Å²) in [7, 11) is 1.58. The van der Waals surface area contributed by atoms with Gasteiger partial charge in [-0.1, -0.05) is 23.9 Å². The maximum Gasteiger partial charge on any atom is 0.234 e. The molecule has 10 heteroatoms. The van der Waals surface area contributed by atoms with Crippen molar-refractivity contribution in [2.75, 3.05) is 18.2 Å². The molecule has 1 aromatic heterocycles. The topological polar surface area (TPSA) is 69.0 Å². The van der Waals surface area contributed by atoms with E-state index in [0.717, 1.165) is 11.6 Å². The molecule has 0 aliphatic heterocycles. The van der Waals surface area contributed by atoms with Crippen LogP contribution in [-0.2, 0) is 11.3 Å². The van der Waals surface area contributed by atoms with Gasteiger partial charge in [0.2, 0.25) is 5.91 Å². The fourth-order valence-corrected chi connectivity index (χ4v) is 3.99. The van der Waals surface area contributed by atoms with Crippen molar-refractivity contribution in [3.05, 3.63) is 52.5 Å². The number of para-hydroxylation sites is 1. The zero-order valence-corrected chi connectivity index (χ0v) is 18.0. The molecule has 0 atom stereocenters. The van der Waals surface area contributed by atoms with Crippen molar-refractivity contribution in [2.24, 2.45) is 0 Å². The first-order chi connectivity index (χ1) is 13.9. The Bertz CT molecular complexity index is 1020. The number of halogens is 3. The van der Waals surface area contributed by atoms with E-state index < -0.39 is 17.5 Å².